The lowest BCUT2D eigenvalue weighted by molar-refractivity contribution is 0.0203. The molecule has 2 atom stereocenters. The van der Waals surface area contributed by atoms with Crippen LogP contribution in [0.15, 0.2) is 30.5 Å². The molecule has 0 spiro atoms. The molecule has 33 heavy (non-hydrogen) atoms. The van der Waals surface area contributed by atoms with Gasteiger partial charge >= 0.3 is 6.09 Å². The average Bonchev–Trinajstić information content (AvgIpc) is 3.32. The number of ether oxygens (including phenoxy) is 2. The molecule has 2 aromatic rings. The van der Waals surface area contributed by atoms with Crippen LogP contribution in [0.25, 0.3) is 11.3 Å². The molecule has 3 rings (SSSR count). The standard InChI is InChI=1S/C25H39N3O4Si/c1-24(2,3)31-23(29)28-16-19(32-33(8,9)25(4,5)6)14-21(28)22-26-15-20(27-22)17-11-10-12-18(13-17)30-7/h10-13,15,19,21H,14,16H2,1-9H3,(H,26,27)/t19-,21+/m1/s1. The number of rotatable bonds is 5. The average molecular weight is 474 g/mol. The Balaban J connectivity index is 1.88. The molecule has 1 aliphatic heterocycles. The van der Waals surface area contributed by atoms with Crippen LogP contribution in [0.3, 0.4) is 0 Å². The smallest absolute Gasteiger partial charge is 0.411 e. The van der Waals surface area contributed by atoms with Gasteiger partial charge in [0.1, 0.15) is 17.2 Å². The van der Waals surface area contributed by atoms with E-state index < -0.39 is 13.9 Å². The topological polar surface area (TPSA) is 76.7 Å². The minimum absolute atomic E-state index is 0.0613. The number of imidazole rings is 1. The molecule has 1 aromatic heterocycles. The van der Waals surface area contributed by atoms with Crippen LogP contribution in [0.4, 0.5) is 4.79 Å². The first-order valence-electron chi connectivity index (χ1n) is 11.6. The molecular formula is C25H39N3O4Si. The van der Waals surface area contributed by atoms with Gasteiger partial charge in [-0.1, -0.05) is 32.9 Å². The second-order valence-electron chi connectivity index (χ2n) is 11.3. The molecule has 1 N–H and O–H groups in total. The van der Waals surface area contributed by atoms with Crippen LogP contribution < -0.4 is 4.74 Å². The van der Waals surface area contributed by atoms with Crippen molar-refractivity contribution in [1.29, 1.82) is 0 Å². The molecule has 2 heterocycles. The van der Waals surface area contributed by atoms with E-state index in [1.54, 1.807) is 18.2 Å². The van der Waals surface area contributed by atoms with Crippen LogP contribution in [-0.2, 0) is 9.16 Å². The Morgan fingerprint density at radius 2 is 1.88 bits per heavy atom. The lowest BCUT2D eigenvalue weighted by atomic mass is 10.1. The highest BCUT2D eigenvalue weighted by molar-refractivity contribution is 6.74. The first-order chi connectivity index (χ1) is 15.2. The second-order valence-corrected chi connectivity index (χ2v) is 16.1. The Bertz CT molecular complexity index is 975. The minimum atomic E-state index is -1.99. The summed E-state index contributed by atoms with van der Waals surface area (Å²) in [6.45, 7) is 17.3. The second kappa shape index (κ2) is 9.14. The Kier molecular flexibility index (Phi) is 7.01. The fourth-order valence-electron chi connectivity index (χ4n) is 3.70. The molecule has 0 bridgehead atoms. The predicted octanol–water partition coefficient (Wildman–Crippen LogP) is 6.16. The van der Waals surface area contributed by atoms with Crippen LogP contribution >= 0.6 is 0 Å². The lowest BCUT2D eigenvalue weighted by Crippen LogP contribution is -2.45. The molecule has 1 fully saturated rings. The highest BCUT2D eigenvalue weighted by Gasteiger charge is 2.45. The summed E-state index contributed by atoms with van der Waals surface area (Å²) >= 11 is 0. The monoisotopic (exact) mass is 473 g/mol. The largest absolute Gasteiger partial charge is 0.497 e. The summed E-state index contributed by atoms with van der Waals surface area (Å²) in [6.07, 6.45) is 2.08. The number of benzene rings is 1. The highest BCUT2D eigenvalue weighted by Crippen LogP contribution is 2.41. The van der Waals surface area contributed by atoms with Gasteiger partial charge < -0.3 is 18.9 Å². The molecule has 0 saturated carbocycles. The van der Waals surface area contributed by atoms with E-state index in [1.807, 2.05) is 45.0 Å². The number of aromatic amines is 1. The van der Waals surface area contributed by atoms with Crippen molar-refractivity contribution in [3.63, 3.8) is 0 Å². The van der Waals surface area contributed by atoms with E-state index in [1.165, 1.54) is 0 Å². The number of carbonyl (C=O) groups excluding carboxylic acids is 1. The van der Waals surface area contributed by atoms with Crippen LogP contribution in [-0.4, -0.2) is 54.6 Å². The number of amides is 1. The van der Waals surface area contributed by atoms with Crippen LogP contribution in [0, 0.1) is 0 Å². The molecule has 182 valence electrons. The first kappa shape index (κ1) is 25.3. The number of methoxy groups -OCH3 is 1. The summed E-state index contributed by atoms with van der Waals surface area (Å²) in [7, 11) is -0.343. The highest BCUT2D eigenvalue weighted by atomic mass is 28.4. The number of likely N-dealkylation sites (tertiary alicyclic amines) is 1. The molecule has 1 aromatic carbocycles. The van der Waals surface area contributed by atoms with Crippen LogP contribution in [0.5, 0.6) is 5.75 Å². The van der Waals surface area contributed by atoms with Crippen molar-refractivity contribution in [3.8, 4) is 17.0 Å². The first-order valence-corrected chi connectivity index (χ1v) is 14.5. The number of carbonyl (C=O) groups is 1. The molecular weight excluding hydrogens is 434 g/mol. The number of hydrogen-bond acceptors (Lipinski definition) is 5. The predicted molar refractivity (Wildman–Crippen MR) is 133 cm³/mol. The lowest BCUT2D eigenvalue weighted by Gasteiger charge is -2.38. The van der Waals surface area contributed by atoms with E-state index in [-0.39, 0.29) is 23.3 Å². The molecule has 0 aliphatic carbocycles. The Morgan fingerprint density at radius 3 is 2.48 bits per heavy atom. The van der Waals surface area contributed by atoms with Gasteiger partial charge in [0.15, 0.2) is 8.32 Å². The van der Waals surface area contributed by atoms with Crippen LogP contribution in [0.1, 0.15) is 59.8 Å². The van der Waals surface area contributed by atoms with Gasteiger partial charge in [0.2, 0.25) is 0 Å². The van der Waals surface area contributed by atoms with E-state index in [4.69, 9.17) is 13.9 Å². The summed E-state index contributed by atoms with van der Waals surface area (Å²) in [6, 6.07) is 7.57. The van der Waals surface area contributed by atoms with Crippen molar-refractivity contribution in [2.45, 2.75) is 83.8 Å². The van der Waals surface area contributed by atoms with Gasteiger partial charge in [0, 0.05) is 18.5 Å². The van der Waals surface area contributed by atoms with Gasteiger partial charge in [0.25, 0.3) is 0 Å². The summed E-state index contributed by atoms with van der Waals surface area (Å²) in [5.74, 6) is 1.52. The maximum atomic E-state index is 13.1. The zero-order valence-corrected chi connectivity index (χ0v) is 22.5. The van der Waals surface area contributed by atoms with Crippen molar-refractivity contribution < 1.29 is 18.7 Å². The molecule has 1 aliphatic rings. The summed E-state index contributed by atoms with van der Waals surface area (Å²) in [4.78, 5) is 22.9. The number of nitrogens with zero attached hydrogens (tertiary/aromatic N) is 2. The van der Waals surface area contributed by atoms with E-state index in [0.29, 0.717) is 13.0 Å². The molecule has 0 radical (unpaired) electrons. The molecule has 1 saturated heterocycles. The van der Waals surface area contributed by atoms with E-state index in [2.05, 4.69) is 43.8 Å². The number of hydrogen-bond donors (Lipinski definition) is 1. The third kappa shape index (κ3) is 5.98. The third-order valence-electron chi connectivity index (χ3n) is 6.45. The van der Waals surface area contributed by atoms with E-state index >= 15 is 0 Å². The zero-order chi connectivity index (χ0) is 24.6. The van der Waals surface area contributed by atoms with Gasteiger partial charge in [-0.3, -0.25) is 4.90 Å². The zero-order valence-electron chi connectivity index (χ0n) is 21.5. The number of aromatic nitrogens is 2. The Morgan fingerprint density at radius 1 is 1.18 bits per heavy atom. The summed E-state index contributed by atoms with van der Waals surface area (Å²) in [5, 5.41) is 0.0893. The SMILES string of the molecule is COc1cccc(-c2cnc([C@@H]3C[C@@H](O[Si](C)(C)C(C)(C)C)CN3C(=O)OC(C)(C)C)[nH]2)c1. The van der Waals surface area contributed by atoms with Gasteiger partial charge in [-0.15, -0.1) is 0 Å². The van der Waals surface area contributed by atoms with E-state index in [0.717, 1.165) is 22.8 Å². The van der Waals surface area contributed by atoms with Crippen molar-refractivity contribution in [3.05, 3.63) is 36.3 Å². The number of nitrogens with one attached hydrogen (secondary N) is 1. The Labute approximate surface area is 199 Å². The third-order valence-corrected chi connectivity index (χ3v) is 11.0. The van der Waals surface area contributed by atoms with Crippen molar-refractivity contribution >= 4 is 14.4 Å². The molecule has 8 heteroatoms. The molecule has 0 unspecified atom stereocenters. The quantitative estimate of drug-likeness (QED) is 0.527. The van der Waals surface area contributed by atoms with Gasteiger partial charge in [-0.05, 0) is 51.0 Å². The number of H-pyrrole nitrogens is 1. The van der Waals surface area contributed by atoms with Crippen molar-refractivity contribution in [2.75, 3.05) is 13.7 Å². The van der Waals surface area contributed by atoms with Crippen LogP contribution in [0.2, 0.25) is 18.1 Å². The summed E-state index contributed by atoms with van der Waals surface area (Å²) < 4.78 is 17.8. The maximum absolute atomic E-state index is 13.1. The molecule has 7 nitrogen and oxygen atoms in total. The minimum Gasteiger partial charge on any atom is -0.497 e. The molecule has 1 amide bonds. The maximum Gasteiger partial charge on any atom is 0.411 e. The van der Waals surface area contributed by atoms with Gasteiger partial charge in [-0.25, -0.2) is 9.78 Å². The Hall–Kier alpha value is -2.32. The van der Waals surface area contributed by atoms with E-state index in [9.17, 15) is 4.79 Å². The van der Waals surface area contributed by atoms with Gasteiger partial charge in [-0.2, -0.15) is 0 Å². The van der Waals surface area contributed by atoms with Crippen molar-refractivity contribution in [2.24, 2.45) is 0 Å². The fraction of sp³-hybridized carbons (Fsp3) is 0.600. The van der Waals surface area contributed by atoms with Crippen molar-refractivity contribution in [1.82, 2.24) is 14.9 Å². The normalized spacial score (nSPS) is 19.6. The fourth-order valence-corrected chi connectivity index (χ4v) is 5.06. The summed E-state index contributed by atoms with van der Waals surface area (Å²) in [5.41, 5.74) is 1.28. The van der Waals surface area contributed by atoms with Gasteiger partial charge in [0.05, 0.1) is 31.1 Å².